The summed E-state index contributed by atoms with van der Waals surface area (Å²) in [5.41, 5.74) is 1.95. The Labute approximate surface area is 123 Å². The summed E-state index contributed by atoms with van der Waals surface area (Å²) in [6.45, 7) is 2.13. The van der Waals surface area contributed by atoms with Gasteiger partial charge in [-0.15, -0.1) is 0 Å². The third-order valence-corrected chi connectivity index (χ3v) is 4.04. The minimum atomic E-state index is -3.79. The first-order valence-electron chi connectivity index (χ1n) is 7.25. The van der Waals surface area contributed by atoms with E-state index in [1.165, 1.54) is 12.4 Å². The van der Waals surface area contributed by atoms with Gasteiger partial charge in [0.2, 0.25) is 0 Å². The number of rotatable bonds is 4. The minimum absolute atomic E-state index is 0.564. The van der Waals surface area contributed by atoms with Gasteiger partial charge in [-0.2, -0.15) is 0 Å². The molecular formula is C15H18BF2N3. The van der Waals surface area contributed by atoms with Crippen LogP contribution in [0.4, 0.5) is 8.63 Å². The summed E-state index contributed by atoms with van der Waals surface area (Å²) in [5.74, 6) is 0. The molecule has 0 atom stereocenters. The lowest BCUT2D eigenvalue weighted by Gasteiger charge is -2.30. The standard InChI is InChI=1S/C15H18BF2N3/c1-3-19(4-2)12-9-13-14-7-5-10-20(14)16(17,18)21-11-6-8-15(13)21/h5-12H,3-4H2,1-2H3/b12-9+. The van der Waals surface area contributed by atoms with Crippen LogP contribution in [0.1, 0.15) is 19.5 Å². The van der Waals surface area contributed by atoms with E-state index in [1.54, 1.807) is 24.3 Å². The summed E-state index contributed by atoms with van der Waals surface area (Å²) in [4.78, 5) is 2.13. The molecule has 0 bridgehead atoms. The average molecular weight is 289 g/mol. The number of hydrogen-bond donors (Lipinski definition) is 0. The van der Waals surface area contributed by atoms with E-state index < -0.39 is 6.97 Å². The molecule has 3 heterocycles. The highest BCUT2D eigenvalue weighted by molar-refractivity contribution is 6.57. The Morgan fingerprint density at radius 3 is 2.81 bits per heavy atom. The van der Waals surface area contributed by atoms with Crippen molar-refractivity contribution in [2.75, 3.05) is 13.1 Å². The summed E-state index contributed by atoms with van der Waals surface area (Å²) in [5, 5.41) is 0. The van der Waals surface area contributed by atoms with Crippen LogP contribution in [-0.2, 0) is 0 Å². The van der Waals surface area contributed by atoms with E-state index >= 15 is 0 Å². The van der Waals surface area contributed by atoms with E-state index in [2.05, 4.69) is 18.7 Å². The first-order chi connectivity index (χ1) is 10.1. The van der Waals surface area contributed by atoms with E-state index in [1.807, 2.05) is 12.3 Å². The van der Waals surface area contributed by atoms with Crippen molar-refractivity contribution in [1.29, 1.82) is 0 Å². The van der Waals surface area contributed by atoms with Gasteiger partial charge in [0.25, 0.3) is 0 Å². The molecule has 21 heavy (non-hydrogen) atoms. The van der Waals surface area contributed by atoms with Crippen molar-refractivity contribution in [3.63, 3.8) is 0 Å². The van der Waals surface area contributed by atoms with Crippen LogP contribution in [0.15, 0.2) is 48.5 Å². The predicted molar refractivity (Wildman–Crippen MR) is 82.2 cm³/mol. The van der Waals surface area contributed by atoms with Gasteiger partial charge >= 0.3 is 6.97 Å². The van der Waals surface area contributed by atoms with Gasteiger partial charge in [-0.25, -0.2) is 0 Å². The molecule has 0 spiro atoms. The van der Waals surface area contributed by atoms with Gasteiger partial charge in [-0.05, 0) is 44.5 Å². The first-order valence-corrected chi connectivity index (χ1v) is 7.25. The monoisotopic (exact) mass is 289 g/mol. The third-order valence-electron chi connectivity index (χ3n) is 4.04. The number of nitrogens with zero attached hydrogens (tertiary/aromatic N) is 3. The number of allylic oxidation sites excluding steroid dienone is 4. The van der Waals surface area contributed by atoms with Gasteiger partial charge in [0, 0.05) is 30.9 Å². The largest absolute Gasteiger partial charge is 0.737 e. The Balaban J connectivity index is 2.11. The number of halogens is 2. The molecule has 3 rings (SSSR count). The maximum Gasteiger partial charge on any atom is 0.737 e. The Kier molecular flexibility index (Phi) is 3.31. The summed E-state index contributed by atoms with van der Waals surface area (Å²) in [7, 11) is 0. The molecule has 3 nitrogen and oxygen atoms in total. The zero-order valence-electron chi connectivity index (χ0n) is 12.2. The van der Waals surface area contributed by atoms with E-state index in [4.69, 9.17) is 0 Å². The molecule has 0 aromatic carbocycles. The van der Waals surface area contributed by atoms with Crippen molar-refractivity contribution >= 4 is 18.8 Å². The van der Waals surface area contributed by atoms with Crippen LogP contribution >= 0.6 is 0 Å². The fraction of sp³-hybridized carbons (Fsp3) is 0.267. The molecule has 0 saturated carbocycles. The Bertz CT molecular complexity index is 679. The quantitative estimate of drug-likeness (QED) is 0.776. The van der Waals surface area contributed by atoms with E-state index in [-0.39, 0.29) is 0 Å². The van der Waals surface area contributed by atoms with Crippen LogP contribution < -0.4 is 0 Å². The van der Waals surface area contributed by atoms with Crippen LogP contribution in [0, 0.1) is 0 Å². The second-order valence-electron chi connectivity index (χ2n) is 5.14. The minimum Gasteiger partial charge on any atom is -0.396 e. The second-order valence-corrected chi connectivity index (χ2v) is 5.14. The maximum absolute atomic E-state index is 14.5. The van der Waals surface area contributed by atoms with Gasteiger partial charge in [-0.1, -0.05) is 0 Å². The van der Waals surface area contributed by atoms with E-state index in [0.717, 1.165) is 27.6 Å². The summed E-state index contributed by atoms with van der Waals surface area (Å²) < 4.78 is 31.2. The molecule has 0 amide bonds. The molecule has 0 saturated heterocycles. The molecule has 0 N–H and O–H groups in total. The predicted octanol–water partition coefficient (Wildman–Crippen LogP) is 2.94. The van der Waals surface area contributed by atoms with Gasteiger partial charge in [0.05, 0.1) is 5.57 Å². The Morgan fingerprint density at radius 2 is 2.10 bits per heavy atom. The lowest BCUT2D eigenvalue weighted by atomic mass is 9.89. The average Bonchev–Trinajstić information content (AvgIpc) is 3.12. The zero-order valence-corrected chi connectivity index (χ0v) is 12.2. The van der Waals surface area contributed by atoms with Gasteiger partial charge in [0.15, 0.2) is 5.70 Å². The summed E-state index contributed by atoms with van der Waals surface area (Å²) in [6, 6.07) is 3.41. The van der Waals surface area contributed by atoms with Crippen LogP contribution in [0.2, 0.25) is 0 Å². The summed E-state index contributed by atoms with van der Waals surface area (Å²) in [6.07, 6.45) is 10.2. The highest BCUT2D eigenvalue weighted by Crippen LogP contribution is 2.35. The number of fused-ring (bicyclic) bond motifs is 2. The van der Waals surface area contributed by atoms with Crippen molar-refractivity contribution in [3.8, 4) is 0 Å². The topological polar surface area (TPSA) is 11.2 Å². The van der Waals surface area contributed by atoms with Crippen molar-refractivity contribution < 1.29 is 13.1 Å². The lowest BCUT2D eigenvalue weighted by molar-refractivity contribution is -0.356. The van der Waals surface area contributed by atoms with Gasteiger partial charge in [-0.3, -0.25) is 0 Å². The number of aromatic nitrogens is 1. The summed E-state index contributed by atoms with van der Waals surface area (Å²) >= 11 is 0. The van der Waals surface area contributed by atoms with Crippen LogP contribution in [0.3, 0.4) is 0 Å². The molecular weight excluding hydrogens is 271 g/mol. The van der Waals surface area contributed by atoms with Crippen molar-refractivity contribution in [3.05, 3.63) is 54.1 Å². The second kappa shape index (κ2) is 5.02. The first kappa shape index (κ1) is 13.9. The van der Waals surface area contributed by atoms with Crippen molar-refractivity contribution in [1.82, 2.24) is 9.38 Å². The molecule has 2 aliphatic heterocycles. The molecule has 2 aliphatic rings. The molecule has 1 aromatic heterocycles. The fourth-order valence-electron chi connectivity index (χ4n) is 2.84. The Hall–Kier alpha value is -2.11. The van der Waals surface area contributed by atoms with Crippen LogP contribution in [0.25, 0.3) is 5.57 Å². The molecule has 0 radical (unpaired) electrons. The number of hydrogen-bond acceptors (Lipinski definition) is 1. The van der Waals surface area contributed by atoms with Crippen molar-refractivity contribution in [2.24, 2.45) is 0 Å². The third kappa shape index (κ3) is 2.06. The van der Waals surface area contributed by atoms with Gasteiger partial charge in [0.1, 0.15) is 6.21 Å². The molecule has 110 valence electrons. The Morgan fingerprint density at radius 1 is 1.33 bits per heavy atom. The molecule has 0 fully saturated rings. The van der Waals surface area contributed by atoms with Crippen LogP contribution in [-0.4, -0.2) is 40.1 Å². The maximum atomic E-state index is 14.5. The smallest absolute Gasteiger partial charge is 0.396 e. The molecule has 0 unspecified atom stereocenters. The van der Waals surface area contributed by atoms with E-state index in [9.17, 15) is 8.63 Å². The van der Waals surface area contributed by atoms with E-state index in [0.29, 0.717) is 11.4 Å². The highest BCUT2D eigenvalue weighted by atomic mass is 19.2. The molecule has 0 aliphatic carbocycles. The SMILES string of the molecule is CCN(/C=C/C1=C2C=CC=[N+]2[B-](F)(F)n2cccc21)CC. The highest BCUT2D eigenvalue weighted by Gasteiger charge is 2.50. The lowest BCUT2D eigenvalue weighted by Crippen LogP contribution is -2.48. The molecule has 6 heteroatoms. The van der Waals surface area contributed by atoms with Gasteiger partial charge < -0.3 is 22.5 Å². The molecule has 1 aromatic rings. The fourth-order valence-corrected chi connectivity index (χ4v) is 2.84. The zero-order chi connectivity index (χ0) is 15.0. The van der Waals surface area contributed by atoms with Crippen molar-refractivity contribution in [2.45, 2.75) is 13.8 Å². The normalized spacial score (nSPS) is 19.0. The van der Waals surface area contributed by atoms with Crippen LogP contribution in [0.5, 0.6) is 0 Å².